The quantitative estimate of drug-likeness (QED) is 0.0232. The van der Waals surface area contributed by atoms with Crippen LogP contribution < -0.4 is 5.32 Å². The lowest BCUT2D eigenvalue weighted by atomic mass is 9.99. The number of hydrogen-bond donors (Lipinski definition) is 7. The summed E-state index contributed by atoms with van der Waals surface area (Å²) in [6, 6.07) is -1.01. The maximum Gasteiger partial charge on any atom is 0.249 e. The van der Waals surface area contributed by atoms with Crippen molar-refractivity contribution < 1.29 is 44.9 Å². The van der Waals surface area contributed by atoms with E-state index in [0.717, 1.165) is 44.9 Å². The van der Waals surface area contributed by atoms with Gasteiger partial charge < -0.3 is 45.4 Å². The highest BCUT2D eigenvalue weighted by Crippen LogP contribution is 2.23. The number of unbranched alkanes of at least 4 members (excludes halogenated alkanes) is 29. The van der Waals surface area contributed by atoms with Gasteiger partial charge in [0, 0.05) is 0 Å². The molecular formula is C56H103NO9. The van der Waals surface area contributed by atoms with E-state index in [4.69, 9.17) is 9.47 Å². The number of amides is 1. The van der Waals surface area contributed by atoms with Gasteiger partial charge in [0.1, 0.15) is 30.5 Å². The van der Waals surface area contributed by atoms with E-state index >= 15 is 0 Å². The molecule has 66 heavy (non-hydrogen) atoms. The van der Waals surface area contributed by atoms with E-state index in [0.29, 0.717) is 19.3 Å². The molecule has 386 valence electrons. The Hall–Kier alpha value is -1.89. The number of allylic oxidation sites excluding steroid dienone is 7. The fourth-order valence-electron chi connectivity index (χ4n) is 8.48. The first-order valence-electron chi connectivity index (χ1n) is 27.5. The summed E-state index contributed by atoms with van der Waals surface area (Å²) in [5, 5.41) is 64.9. The molecule has 0 aliphatic carbocycles. The molecule has 1 amide bonds. The first-order chi connectivity index (χ1) is 32.3. The number of rotatable bonds is 46. The lowest BCUT2D eigenvalue weighted by molar-refractivity contribution is -0.302. The molecule has 0 aromatic heterocycles. The molecule has 10 heteroatoms. The summed E-state index contributed by atoms with van der Waals surface area (Å²) in [6.45, 7) is 3.59. The zero-order valence-electron chi connectivity index (χ0n) is 42.3. The molecule has 1 saturated heterocycles. The standard InChI is InChI=1S/C56H103NO9/c1-3-5-7-9-11-13-15-17-19-21-22-23-24-25-26-27-28-29-31-33-35-37-39-41-43-45-50(60)55(64)57-48(47-65-56-54(63)53(62)52(61)51(46-58)66-56)49(59)44-42-40-38-36-34-32-30-20-18-16-14-12-10-8-6-4-2/h18,20,25-26,34,36,42,44,48-54,56,58-63H,3-17,19,21-24,27-33,35,37-41,43,45-47H2,1-2H3,(H,57,64)/b20-18+,26-25-,36-34+,44-42+. The highest BCUT2D eigenvalue weighted by Gasteiger charge is 2.44. The minimum Gasteiger partial charge on any atom is -0.394 e. The summed E-state index contributed by atoms with van der Waals surface area (Å²) in [6.07, 6.45) is 49.2. The second kappa shape index (κ2) is 45.5. The summed E-state index contributed by atoms with van der Waals surface area (Å²) < 4.78 is 11.2. The predicted octanol–water partition coefficient (Wildman–Crippen LogP) is 11.9. The normalized spacial score (nSPS) is 20.6. The van der Waals surface area contributed by atoms with Crippen molar-refractivity contribution in [2.75, 3.05) is 13.2 Å². The highest BCUT2D eigenvalue weighted by atomic mass is 16.7. The average molecular weight is 934 g/mol. The third-order valence-electron chi connectivity index (χ3n) is 13.0. The lowest BCUT2D eigenvalue weighted by Crippen LogP contribution is -2.60. The van der Waals surface area contributed by atoms with Crippen LogP contribution in [0.2, 0.25) is 0 Å². The fourth-order valence-corrected chi connectivity index (χ4v) is 8.48. The summed E-state index contributed by atoms with van der Waals surface area (Å²) in [5.74, 6) is -0.631. The highest BCUT2D eigenvalue weighted by molar-refractivity contribution is 5.80. The average Bonchev–Trinajstić information content (AvgIpc) is 3.32. The maximum atomic E-state index is 13.1. The van der Waals surface area contributed by atoms with Crippen LogP contribution in [0.15, 0.2) is 48.6 Å². The van der Waals surface area contributed by atoms with Gasteiger partial charge in [-0.05, 0) is 70.6 Å². The van der Waals surface area contributed by atoms with Crippen molar-refractivity contribution in [3.05, 3.63) is 48.6 Å². The van der Waals surface area contributed by atoms with E-state index in [1.807, 2.05) is 6.08 Å². The van der Waals surface area contributed by atoms with Crippen LogP contribution in [0, 0.1) is 0 Å². The lowest BCUT2D eigenvalue weighted by Gasteiger charge is -2.40. The Morgan fingerprint density at radius 2 is 0.894 bits per heavy atom. The molecule has 0 radical (unpaired) electrons. The maximum absolute atomic E-state index is 13.1. The number of hydrogen-bond acceptors (Lipinski definition) is 9. The molecule has 10 nitrogen and oxygen atoms in total. The summed E-state index contributed by atoms with van der Waals surface area (Å²) in [4.78, 5) is 13.1. The molecule has 8 atom stereocenters. The smallest absolute Gasteiger partial charge is 0.249 e. The van der Waals surface area contributed by atoms with Gasteiger partial charge in [0.2, 0.25) is 5.91 Å². The molecule has 0 bridgehead atoms. The second-order valence-corrected chi connectivity index (χ2v) is 19.1. The minimum atomic E-state index is -1.62. The molecule has 8 unspecified atom stereocenters. The number of aliphatic hydroxyl groups is 6. The van der Waals surface area contributed by atoms with Crippen molar-refractivity contribution in [2.24, 2.45) is 0 Å². The summed E-state index contributed by atoms with van der Waals surface area (Å²) in [7, 11) is 0. The summed E-state index contributed by atoms with van der Waals surface area (Å²) >= 11 is 0. The van der Waals surface area contributed by atoms with E-state index in [1.165, 1.54) is 161 Å². The molecule has 1 aliphatic rings. The Balaban J connectivity index is 2.31. The van der Waals surface area contributed by atoms with Gasteiger partial charge in [-0.3, -0.25) is 4.79 Å². The van der Waals surface area contributed by atoms with Gasteiger partial charge in [-0.25, -0.2) is 0 Å². The zero-order valence-corrected chi connectivity index (χ0v) is 42.3. The predicted molar refractivity (Wildman–Crippen MR) is 273 cm³/mol. The van der Waals surface area contributed by atoms with Crippen molar-refractivity contribution >= 4 is 5.91 Å². The van der Waals surface area contributed by atoms with Crippen molar-refractivity contribution in [1.82, 2.24) is 5.32 Å². The molecule has 0 saturated carbocycles. The molecule has 1 heterocycles. The number of ether oxygens (including phenoxy) is 2. The topological polar surface area (TPSA) is 169 Å². The van der Waals surface area contributed by atoms with Gasteiger partial charge in [0.15, 0.2) is 6.29 Å². The number of aliphatic hydroxyl groups excluding tert-OH is 6. The van der Waals surface area contributed by atoms with E-state index in [2.05, 4.69) is 55.6 Å². The Bertz CT molecular complexity index is 1190. The molecule has 0 spiro atoms. The number of nitrogens with one attached hydrogen (secondary N) is 1. The van der Waals surface area contributed by atoms with E-state index in [-0.39, 0.29) is 6.61 Å². The Kier molecular flexibility index (Phi) is 42.9. The molecule has 0 aromatic rings. The first kappa shape index (κ1) is 62.1. The van der Waals surface area contributed by atoms with Gasteiger partial charge in [0.25, 0.3) is 0 Å². The Morgan fingerprint density at radius 3 is 1.32 bits per heavy atom. The molecule has 7 N–H and O–H groups in total. The van der Waals surface area contributed by atoms with Crippen LogP contribution in [0.1, 0.15) is 239 Å². The number of carbonyl (C=O) groups is 1. The Morgan fingerprint density at radius 1 is 0.515 bits per heavy atom. The van der Waals surface area contributed by atoms with E-state index in [1.54, 1.807) is 6.08 Å². The number of carbonyl (C=O) groups excluding carboxylic acids is 1. The van der Waals surface area contributed by atoms with Gasteiger partial charge in [-0.15, -0.1) is 0 Å². The van der Waals surface area contributed by atoms with Gasteiger partial charge >= 0.3 is 0 Å². The van der Waals surface area contributed by atoms with Crippen molar-refractivity contribution in [2.45, 2.75) is 288 Å². The van der Waals surface area contributed by atoms with Crippen molar-refractivity contribution in [3.63, 3.8) is 0 Å². The SMILES string of the molecule is CCCCCCCC/C=C/CC/C=C/CC/C=C/C(O)C(COC1OC(CO)C(O)C(O)C1O)NC(=O)C(O)CCCCCCCCCCC/C=C\CCCCCCCCCCCCCC. The van der Waals surface area contributed by atoms with Gasteiger partial charge in [-0.2, -0.15) is 0 Å². The summed E-state index contributed by atoms with van der Waals surface area (Å²) in [5.41, 5.74) is 0. The monoisotopic (exact) mass is 934 g/mol. The molecule has 1 aliphatic heterocycles. The van der Waals surface area contributed by atoms with Crippen LogP contribution in [0.5, 0.6) is 0 Å². The van der Waals surface area contributed by atoms with Crippen LogP contribution in [0.3, 0.4) is 0 Å². The van der Waals surface area contributed by atoms with Crippen LogP contribution in [0.25, 0.3) is 0 Å². The molecule has 1 fully saturated rings. The third kappa shape index (κ3) is 34.4. The first-order valence-corrected chi connectivity index (χ1v) is 27.5. The van der Waals surface area contributed by atoms with Crippen LogP contribution in [0.4, 0.5) is 0 Å². The fraction of sp³-hybridized carbons (Fsp3) is 0.839. The van der Waals surface area contributed by atoms with E-state index in [9.17, 15) is 35.4 Å². The molecule has 1 rings (SSSR count). The van der Waals surface area contributed by atoms with Gasteiger partial charge in [0.05, 0.1) is 25.4 Å². The minimum absolute atomic E-state index is 0.298. The van der Waals surface area contributed by atoms with Crippen LogP contribution >= 0.6 is 0 Å². The largest absolute Gasteiger partial charge is 0.394 e. The second-order valence-electron chi connectivity index (χ2n) is 19.1. The zero-order chi connectivity index (χ0) is 48.1. The van der Waals surface area contributed by atoms with Gasteiger partial charge in [-0.1, -0.05) is 217 Å². The molecular weight excluding hydrogens is 831 g/mol. The Labute approximate surface area is 404 Å². The van der Waals surface area contributed by atoms with Crippen molar-refractivity contribution in [1.29, 1.82) is 0 Å². The van der Waals surface area contributed by atoms with E-state index < -0.39 is 61.5 Å². The van der Waals surface area contributed by atoms with Crippen LogP contribution in [-0.4, -0.2) is 98.7 Å². The third-order valence-corrected chi connectivity index (χ3v) is 13.0. The van der Waals surface area contributed by atoms with Crippen molar-refractivity contribution in [3.8, 4) is 0 Å². The molecule has 0 aromatic carbocycles. The van der Waals surface area contributed by atoms with Crippen LogP contribution in [-0.2, 0) is 14.3 Å².